The number of likely N-dealkylation sites (tertiary alicyclic amines) is 1. The zero-order valence-electron chi connectivity index (χ0n) is 26.0. The van der Waals surface area contributed by atoms with Gasteiger partial charge in [-0.05, 0) is 88.1 Å². The normalized spacial score (nSPS) is 15.2. The zero-order chi connectivity index (χ0) is 33.6. The maximum Gasteiger partial charge on any atom is 0.407 e. The van der Waals surface area contributed by atoms with E-state index in [-0.39, 0.29) is 69.5 Å². The molecule has 2 N–H and O–H groups in total. The molecule has 4 aromatic rings. The Kier molecular flexibility index (Phi) is 8.53. The van der Waals surface area contributed by atoms with Crippen molar-refractivity contribution in [2.45, 2.75) is 64.8 Å². The van der Waals surface area contributed by atoms with E-state index in [4.69, 9.17) is 4.74 Å². The quantitative estimate of drug-likeness (QED) is 0.284. The minimum atomic E-state index is -1.28. The number of carbonyl (C=O) groups is 2. The van der Waals surface area contributed by atoms with Gasteiger partial charge in [-0.25, -0.2) is 22.6 Å². The van der Waals surface area contributed by atoms with E-state index >= 15 is 8.78 Å². The van der Waals surface area contributed by atoms with E-state index < -0.39 is 34.7 Å². The Morgan fingerprint density at radius 3 is 2.43 bits per heavy atom. The fraction of sp³-hybridized carbons (Fsp3) is 0.364. The van der Waals surface area contributed by atoms with Crippen LogP contribution in [0.25, 0.3) is 33.3 Å². The van der Waals surface area contributed by atoms with Crippen molar-refractivity contribution in [1.29, 1.82) is 5.26 Å². The highest BCUT2D eigenvalue weighted by Crippen LogP contribution is 2.38. The Morgan fingerprint density at radius 1 is 1.04 bits per heavy atom. The van der Waals surface area contributed by atoms with Gasteiger partial charge in [0.25, 0.3) is 5.91 Å². The number of benzene rings is 3. The Hall–Kier alpha value is -4.96. The van der Waals surface area contributed by atoms with Gasteiger partial charge in [0.05, 0.1) is 23.8 Å². The summed E-state index contributed by atoms with van der Waals surface area (Å²) in [5.41, 5.74) is -1.82. The largest absolute Gasteiger partial charge is 0.444 e. The highest BCUT2D eigenvalue weighted by Gasteiger charge is 2.30. The maximum absolute atomic E-state index is 15.8. The molecule has 1 unspecified atom stereocenters. The predicted molar refractivity (Wildman–Crippen MR) is 163 cm³/mol. The van der Waals surface area contributed by atoms with Gasteiger partial charge in [0.1, 0.15) is 28.5 Å². The van der Waals surface area contributed by atoms with Gasteiger partial charge in [-0.1, -0.05) is 17.3 Å². The standard InChI is InChI=1S/C33H33F3N6O4/c1-32(2,3)46-31(44)38-21-10-11-41(16-21)30(43)19-8-9-22(23(12-19)18-6-7-20(15-37)25(34)13-18)24-14-26-29(28(36)27(24)35)42(40-39-26)17-33(4,5)45/h6-9,12-14,21,45H,10-11,16-17H2,1-5H3,(H,38,44). The lowest BCUT2D eigenvalue weighted by atomic mass is 9.91. The van der Waals surface area contributed by atoms with Gasteiger partial charge in [0.2, 0.25) is 0 Å². The topological polar surface area (TPSA) is 133 Å². The monoisotopic (exact) mass is 634 g/mol. The Bertz CT molecular complexity index is 1890. The van der Waals surface area contributed by atoms with Gasteiger partial charge in [-0.2, -0.15) is 5.26 Å². The van der Waals surface area contributed by atoms with Gasteiger partial charge in [-0.15, -0.1) is 5.10 Å². The van der Waals surface area contributed by atoms with Crippen molar-refractivity contribution in [1.82, 2.24) is 25.2 Å². The average Bonchev–Trinajstić information content (AvgIpc) is 3.59. The van der Waals surface area contributed by atoms with Crippen LogP contribution in [0, 0.1) is 28.8 Å². The number of amides is 2. The molecule has 2 amide bonds. The van der Waals surface area contributed by atoms with Crippen LogP contribution < -0.4 is 5.32 Å². The first kappa shape index (κ1) is 32.4. The van der Waals surface area contributed by atoms with E-state index in [9.17, 15) is 24.3 Å². The number of aromatic nitrogens is 3. The molecule has 1 aromatic heterocycles. The Labute approximate surface area is 263 Å². The summed E-state index contributed by atoms with van der Waals surface area (Å²) < 4.78 is 52.6. The third-order valence-corrected chi connectivity index (χ3v) is 7.37. The Morgan fingerprint density at radius 2 is 1.78 bits per heavy atom. The third-order valence-electron chi connectivity index (χ3n) is 7.37. The van der Waals surface area contributed by atoms with Crippen molar-refractivity contribution < 1.29 is 32.6 Å². The highest BCUT2D eigenvalue weighted by molar-refractivity contribution is 5.98. The number of halogens is 3. The third kappa shape index (κ3) is 6.82. The van der Waals surface area contributed by atoms with Crippen LogP contribution in [0.5, 0.6) is 0 Å². The summed E-state index contributed by atoms with van der Waals surface area (Å²) in [4.78, 5) is 27.4. The summed E-state index contributed by atoms with van der Waals surface area (Å²) in [6.07, 6.45) is -0.0947. The van der Waals surface area contributed by atoms with Crippen molar-refractivity contribution in [3.8, 4) is 28.3 Å². The van der Waals surface area contributed by atoms with Gasteiger partial charge >= 0.3 is 6.09 Å². The number of aliphatic hydroxyl groups is 1. The number of alkyl carbamates (subject to hydrolysis) is 1. The molecular weight excluding hydrogens is 601 g/mol. The number of nitrogens with zero attached hydrogens (tertiary/aromatic N) is 5. The summed E-state index contributed by atoms with van der Waals surface area (Å²) >= 11 is 0. The molecule has 2 heterocycles. The van der Waals surface area contributed by atoms with Crippen molar-refractivity contribution >= 4 is 23.0 Å². The molecule has 1 aliphatic rings. The lowest BCUT2D eigenvalue weighted by molar-refractivity contribution is 0.0501. The predicted octanol–water partition coefficient (Wildman–Crippen LogP) is 5.56. The fourth-order valence-corrected chi connectivity index (χ4v) is 5.39. The summed E-state index contributed by atoms with van der Waals surface area (Å²) in [7, 11) is 0. The van der Waals surface area contributed by atoms with E-state index in [2.05, 4.69) is 15.6 Å². The first-order valence-electron chi connectivity index (χ1n) is 14.6. The van der Waals surface area contributed by atoms with Crippen LogP contribution in [0.1, 0.15) is 57.0 Å². The van der Waals surface area contributed by atoms with Crippen LogP contribution in [0.2, 0.25) is 0 Å². The SMILES string of the molecule is CC(C)(O)Cn1nnc2cc(-c3ccc(C(=O)N4CCC(NC(=O)OC(C)(C)C)C4)cc3-c3ccc(C#N)c(F)c3)c(F)c(F)c21. The fourth-order valence-electron chi connectivity index (χ4n) is 5.39. The van der Waals surface area contributed by atoms with Gasteiger partial charge in [0, 0.05) is 24.2 Å². The molecule has 13 heteroatoms. The number of nitriles is 1. The van der Waals surface area contributed by atoms with E-state index in [1.165, 1.54) is 50.2 Å². The number of carbonyl (C=O) groups excluding carboxylic acids is 2. The Balaban J connectivity index is 1.54. The van der Waals surface area contributed by atoms with Gasteiger partial charge in [-0.3, -0.25) is 4.79 Å². The second-order valence-electron chi connectivity index (χ2n) is 12.9. The number of rotatable bonds is 6. The lowest BCUT2D eigenvalue weighted by Crippen LogP contribution is -2.41. The van der Waals surface area contributed by atoms with Crippen LogP contribution in [0.3, 0.4) is 0 Å². The molecule has 10 nitrogen and oxygen atoms in total. The average molecular weight is 635 g/mol. The first-order valence-corrected chi connectivity index (χ1v) is 14.6. The summed E-state index contributed by atoms with van der Waals surface area (Å²) in [5, 5.41) is 30.1. The molecule has 5 rings (SSSR count). The molecule has 0 spiro atoms. The molecule has 46 heavy (non-hydrogen) atoms. The van der Waals surface area contributed by atoms with Crippen molar-refractivity contribution in [3.63, 3.8) is 0 Å². The molecule has 1 saturated heterocycles. The summed E-state index contributed by atoms with van der Waals surface area (Å²) in [6.45, 7) is 8.66. The molecule has 0 aliphatic carbocycles. The van der Waals surface area contributed by atoms with Crippen LogP contribution >= 0.6 is 0 Å². The van der Waals surface area contributed by atoms with Crippen molar-refractivity contribution in [2.24, 2.45) is 0 Å². The van der Waals surface area contributed by atoms with E-state index in [0.717, 1.165) is 10.7 Å². The smallest absolute Gasteiger partial charge is 0.407 e. The number of hydrogen-bond acceptors (Lipinski definition) is 7. The molecule has 1 fully saturated rings. The van der Waals surface area contributed by atoms with Gasteiger partial charge < -0.3 is 20.1 Å². The van der Waals surface area contributed by atoms with Crippen LogP contribution in [-0.2, 0) is 11.3 Å². The van der Waals surface area contributed by atoms with E-state index in [1.807, 2.05) is 0 Å². The van der Waals surface area contributed by atoms with Crippen molar-refractivity contribution in [2.75, 3.05) is 13.1 Å². The molecule has 1 aliphatic heterocycles. The molecule has 0 radical (unpaired) electrons. The first-order chi connectivity index (χ1) is 21.5. The van der Waals surface area contributed by atoms with E-state index in [1.54, 1.807) is 31.7 Å². The zero-order valence-corrected chi connectivity index (χ0v) is 26.0. The van der Waals surface area contributed by atoms with Crippen LogP contribution in [-0.4, -0.2) is 67.3 Å². The second kappa shape index (κ2) is 12.1. The van der Waals surface area contributed by atoms with Crippen molar-refractivity contribution in [3.05, 3.63) is 71.0 Å². The second-order valence-corrected chi connectivity index (χ2v) is 12.9. The molecule has 1 atom stereocenters. The number of fused-ring (bicyclic) bond motifs is 1. The molecule has 0 bridgehead atoms. The molecule has 3 aromatic carbocycles. The van der Waals surface area contributed by atoms with Gasteiger partial charge in [0.15, 0.2) is 11.6 Å². The van der Waals surface area contributed by atoms with Crippen LogP contribution in [0.15, 0.2) is 42.5 Å². The lowest BCUT2D eigenvalue weighted by Gasteiger charge is -2.22. The molecule has 240 valence electrons. The number of ether oxygens (including phenoxy) is 1. The minimum Gasteiger partial charge on any atom is -0.444 e. The summed E-state index contributed by atoms with van der Waals surface area (Å²) in [5.74, 6) is -3.67. The van der Waals surface area contributed by atoms with E-state index in [0.29, 0.717) is 13.0 Å². The molecular formula is C33H33F3N6O4. The number of hydrogen-bond donors (Lipinski definition) is 2. The highest BCUT2D eigenvalue weighted by atomic mass is 19.2. The molecule has 0 saturated carbocycles. The minimum absolute atomic E-state index is 0.0239. The van der Waals surface area contributed by atoms with Crippen LogP contribution in [0.4, 0.5) is 18.0 Å². The number of nitrogens with one attached hydrogen (secondary N) is 1. The summed E-state index contributed by atoms with van der Waals surface area (Å²) in [6, 6.07) is 10.9. The maximum atomic E-state index is 15.8.